The van der Waals surface area contributed by atoms with Crippen LogP contribution in [0.2, 0.25) is 0 Å². The van der Waals surface area contributed by atoms with E-state index in [0.29, 0.717) is 22.9 Å². The van der Waals surface area contributed by atoms with E-state index in [1.54, 1.807) is 32.4 Å². The lowest BCUT2D eigenvalue weighted by Crippen LogP contribution is -2.13. The van der Waals surface area contributed by atoms with Crippen LogP contribution in [0.25, 0.3) is 11.4 Å². The first kappa shape index (κ1) is 12.0. The van der Waals surface area contributed by atoms with Crippen molar-refractivity contribution in [1.29, 1.82) is 0 Å². The predicted octanol–water partition coefficient (Wildman–Crippen LogP) is 1.04. The van der Waals surface area contributed by atoms with Gasteiger partial charge in [0.05, 0.1) is 20.4 Å². The highest BCUT2D eigenvalue weighted by molar-refractivity contribution is 5.61. The van der Waals surface area contributed by atoms with Crippen LogP contribution in [0, 0.1) is 0 Å². The summed E-state index contributed by atoms with van der Waals surface area (Å²) < 4.78 is 10.3. The second-order valence-corrected chi connectivity index (χ2v) is 3.59. The number of nitrogen functional groups attached to an aromatic ring is 1. The van der Waals surface area contributed by atoms with Gasteiger partial charge >= 0.3 is 0 Å². The highest BCUT2D eigenvalue weighted by Gasteiger charge is 2.08. The number of aromatic nitrogens is 2. The minimum absolute atomic E-state index is 0.0826. The number of rotatable bonds is 3. The summed E-state index contributed by atoms with van der Waals surface area (Å²) >= 11 is 0. The Morgan fingerprint density at radius 2 is 1.94 bits per heavy atom. The molecule has 0 aliphatic heterocycles. The molecule has 6 nitrogen and oxygen atoms in total. The van der Waals surface area contributed by atoms with Gasteiger partial charge in [-0.15, -0.1) is 0 Å². The average Bonchev–Trinajstić information content (AvgIpc) is 2.41. The molecule has 3 N–H and O–H groups in total. The molecule has 0 saturated carbocycles. The zero-order valence-electron chi connectivity index (χ0n) is 10.1. The third-order valence-corrected chi connectivity index (χ3v) is 2.48. The molecule has 0 amide bonds. The zero-order chi connectivity index (χ0) is 13.1. The molecule has 0 atom stereocenters. The van der Waals surface area contributed by atoms with Crippen LogP contribution in [0.1, 0.15) is 0 Å². The summed E-state index contributed by atoms with van der Waals surface area (Å²) in [6.45, 7) is 0. The van der Waals surface area contributed by atoms with E-state index >= 15 is 0 Å². The third kappa shape index (κ3) is 2.13. The summed E-state index contributed by atoms with van der Waals surface area (Å²) in [6, 6.07) is 5.24. The molecule has 0 fully saturated rings. The van der Waals surface area contributed by atoms with Gasteiger partial charge < -0.3 is 20.2 Å². The Labute approximate surface area is 103 Å². The molecule has 0 radical (unpaired) electrons. The maximum absolute atomic E-state index is 11.4. The van der Waals surface area contributed by atoms with Gasteiger partial charge in [0.25, 0.3) is 5.56 Å². The molecule has 0 aliphatic carbocycles. The number of H-pyrrole nitrogens is 1. The van der Waals surface area contributed by atoms with Crippen LogP contribution in [0.5, 0.6) is 11.5 Å². The Balaban J connectivity index is 2.50. The molecule has 0 bridgehead atoms. The van der Waals surface area contributed by atoms with E-state index in [9.17, 15) is 4.79 Å². The maximum Gasteiger partial charge on any atom is 0.274 e. The van der Waals surface area contributed by atoms with Gasteiger partial charge in [-0.25, -0.2) is 4.98 Å². The van der Waals surface area contributed by atoms with Crippen molar-refractivity contribution in [1.82, 2.24) is 9.97 Å². The lowest BCUT2D eigenvalue weighted by Gasteiger charge is -2.09. The molecule has 94 valence electrons. The molecule has 18 heavy (non-hydrogen) atoms. The number of benzene rings is 1. The number of methoxy groups -OCH3 is 2. The molecule has 1 aromatic carbocycles. The highest BCUT2D eigenvalue weighted by atomic mass is 16.5. The van der Waals surface area contributed by atoms with E-state index in [1.807, 2.05) is 0 Å². The number of nitrogens with zero attached hydrogens (tertiary/aromatic N) is 1. The standard InChI is InChI=1S/C12H13N3O3/c1-17-9-4-3-7(5-10(9)18-2)11-14-6-8(13)12(16)15-11/h3-6H,13H2,1-2H3,(H,14,15,16). The lowest BCUT2D eigenvalue weighted by molar-refractivity contribution is 0.355. The smallest absolute Gasteiger partial charge is 0.274 e. The first-order valence-electron chi connectivity index (χ1n) is 5.23. The monoisotopic (exact) mass is 247 g/mol. The van der Waals surface area contributed by atoms with Gasteiger partial charge in [0, 0.05) is 5.56 Å². The zero-order valence-corrected chi connectivity index (χ0v) is 10.1. The molecular weight excluding hydrogens is 234 g/mol. The maximum atomic E-state index is 11.4. The number of hydrogen-bond acceptors (Lipinski definition) is 5. The topological polar surface area (TPSA) is 90.2 Å². The summed E-state index contributed by atoms with van der Waals surface area (Å²) in [7, 11) is 3.10. The minimum Gasteiger partial charge on any atom is -0.493 e. The van der Waals surface area contributed by atoms with Crippen molar-refractivity contribution in [3.05, 3.63) is 34.7 Å². The van der Waals surface area contributed by atoms with Gasteiger partial charge in [0.2, 0.25) is 0 Å². The summed E-state index contributed by atoms with van der Waals surface area (Å²) in [5, 5.41) is 0. The second kappa shape index (κ2) is 4.79. The van der Waals surface area contributed by atoms with E-state index in [-0.39, 0.29) is 11.2 Å². The molecule has 0 saturated heterocycles. The fraction of sp³-hybridized carbons (Fsp3) is 0.167. The summed E-state index contributed by atoms with van der Waals surface area (Å²) in [5.74, 6) is 1.60. The molecular formula is C12H13N3O3. The van der Waals surface area contributed by atoms with Crippen LogP contribution in [0.3, 0.4) is 0 Å². The van der Waals surface area contributed by atoms with Gasteiger partial charge in [0.15, 0.2) is 11.5 Å². The van der Waals surface area contributed by atoms with Crippen molar-refractivity contribution < 1.29 is 9.47 Å². The van der Waals surface area contributed by atoms with Crippen molar-refractivity contribution in [2.75, 3.05) is 20.0 Å². The average molecular weight is 247 g/mol. The Morgan fingerprint density at radius 1 is 1.22 bits per heavy atom. The Hall–Kier alpha value is -2.50. The lowest BCUT2D eigenvalue weighted by atomic mass is 10.2. The van der Waals surface area contributed by atoms with Crippen LogP contribution >= 0.6 is 0 Å². The van der Waals surface area contributed by atoms with Crippen molar-refractivity contribution in [2.45, 2.75) is 0 Å². The molecule has 1 heterocycles. The molecule has 0 spiro atoms. The summed E-state index contributed by atoms with van der Waals surface area (Å²) in [6.07, 6.45) is 1.32. The van der Waals surface area contributed by atoms with E-state index in [0.717, 1.165) is 0 Å². The van der Waals surface area contributed by atoms with Gasteiger partial charge in [0.1, 0.15) is 11.5 Å². The van der Waals surface area contributed by atoms with Crippen molar-refractivity contribution in [3.8, 4) is 22.9 Å². The number of nitrogens with two attached hydrogens (primary N) is 1. The van der Waals surface area contributed by atoms with Crippen LogP contribution in [0.15, 0.2) is 29.2 Å². The van der Waals surface area contributed by atoms with E-state index in [4.69, 9.17) is 15.2 Å². The molecule has 0 unspecified atom stereocenters. The number of hydrogen-bond donors (Lipinski definition) is 2. The van der Waals surface area contributed by atoms with E-state index < -0.39 is 0 Å². The third-order valence-electron chi connectivity index (χ3n) is 2.48. The Morgan fingerprint density at radius 3 is 2.56 bits per heavy atom. The second-order valence-electron chi connectivity index (χ2n) is 3.59. The Bertz CT molecular complexity index is 622. The van der Waals surface area contributed by atoms with Gasteiger partial charge in [-0.1, -0.05) is 0 Å². The first-order chi connectivity index (χ1) is 8.65. The molecule has 0 aliphatic rings. The number of aromatic amines is 1. The molecule has 2 rings (SSSR count). The van der Waals surface area contributed by atoms with Crippen molar-refractivity contribution >= 4 is 5.69 Å². The number of anilines is 1. The number of nitrogens with one attached hydrogen (secondary N) is 1. The normalized spacial score (nSPS) is 10.1. The van der Waals surface area contributed by atoms with Gasteiger partial charge in [-0.05, 0) is 18.2 Å². The SMILES string of the molecule is COc1ccc(-c2ncc(N)c(=O)[nH]2)cc1OC. The van der Waals surface area contributed by atoms with Crippen LogP contribution in [-0.2, 0) is 0 Å². The molecule has 2 aromatic rings. The molecule has 6 heteroatoms. The highest BCUT2D eigenvalue weighted by Crippen LogP contribution is 2.30. The Kier molecular flexibility index (Phi) is 3.18. The van der Waals surface area contributed by atoms with E-state index in [2.05, 4.69) is 9.97 Å². The molecule has 1 aromatic heterocycles. The van der Waals surface area contributed by atoms with Gasteiger partial charge in [-0.3, -0.25) is 4.79 Å². The quantitative estimate of drug-likeness (QED) is 0.845. The fourth-order valence-electron chi connectivity index (χ4n) is 1.53. The fourth-order valence-corrected chi connectivity index (χ4v) is 1.53. The minimum atomic E-state index is -0.366. The van der Waals surface area contributed by atoms with Crippen LogP contribution < -0.4 is 20.8 Å². The summed E-state index contributed by atoms with van der Waals surface area (Å²) in [4.78, 5) is 18.1. The van der Waals surface area contributed by atoms with Crippen molar-refractivity contribution in [2.24, 2.45) is 0 Å². The van der Waals surface area contributed by atoms with Crippen LogP contribution in [-0.4, -0.2) is 24.2 Å². The predicted molar refractivity (Wildman–Crippen MR) is 67.8 cm³/mol. The van der Waals surface area contributed by atoms with Crippen LogP contribution in [0.4, 0.5) is 5.69 Å². The van der Waals surface area contributed by atoms with Crippen molar-refractivity contribution in [3.63, 3.8) is 0 Å². The summed E-state index contributed by atoms with van der Waals surface area (Å²) in [5.41, 5.74) is 5.85. The number of ether oxygens (including phenoxy) is 2. The largest absolute Gasteiger partial charge is 0.493 e. The van der Waals surface area contributed by atoms with E-state index in [1.165, 1.54) is 6.20 Å². The first-order valence-corrected chi connectivity index (χ1v) is 5.23. The van der Waals surface area contributed by atoms with Gasteiger partial charge in [-0.2, -0.15) is 0 Å².